The van der Waals surface area contributed by atoms with Crippen LogP contribution in [-0.4, -0.2) is 12.6 Å². The molecular weight excluding hydrogens is 202 g/mol. The van der Waals surface area contributed by atoms with E-state index in [-0.39, 0.29) is 5.97 Å². The van der Waals surface area contributed by atoms with Crippen LogP contribution in [-0.2, 0) is 4.74 Å². The van der Waals surface area contributed by atoms with Gasteiger partial charge in [0, 0.05) is 5.69 Å². The Labute approximate surface area is 96.6 Å². The van der Waals surface area contributed by atoms with Gasteiger partial charge in [0.15, 0.2) is 0 Å². The van der Waals surface area contributed by atoms with Crippen LogP contribution in [0.15, 0.2) is 24.3 Å². The van der Waals surface area contributed by atoms with Gasteiger partial charge in [-0.3, -0.25) is 0 Å². The fourth-order valence-electron chi connectivity index (χ4n) is 1.47. The summed E-state index contributed by atoms with van der Waals surface area (Å²) < 4.78 is 5.23. The number of esters is 1. The lowest BCUT2D eigenvalue weighted by Crippen LogP contribution is -2.13. The van der Waals surface area contributed by atoms with Crippen molar-refractivity contribution in [2.75, 3.05) is 12.3 Å². The molecule has 0 saturated heterocycles. The maximum atomic E-state index is 11.7. The summed E-state index contributed by atoms with van der Waals surface area (Å²) in [5.74, 6) is 0.157. The van der Waals surface area contributed by atoms with E-state index in [2.05, 4.69) is 13.8 Å². The van der Waals surface area contributed by atoms with Crippen molar-refractivity contribution in [1.82, 2.24) is 0 Å². The van der Waals surface area contributed by atoms with Gasteiger partial charge < -0.3 is 10.5 Å². The predicted octanol–water partition coefficient (Wildman–Crippen LogP) is 2.86. The Morgan fingerprint density at radius 2 is 2.06 bits per heavy atom. The van der Waals surface area contributed by atoms with Crippen LogP contribution in [0.25, 0.3) is 0 Å². The SMILES string of the molecule is CCC(CC)COC(=O)c1cccc(N)c1. The highest BCUT2D eigenvalue weighted by Gasteiger charge is 2.10. The van der Waals surface area contributed by atoms with E-state index in [4.69, 9.17) is 10.5 Å². The molecule has 0 aliphatic carbocycles. The Balaban J connectivity index is 2.52. The van der Waals surface area contributed by atoms with Crippen molar-refractivity contribution in [2.45, 2.75) is 26.7 Å². The van der Waals surface area contributed by atoms with Gasteiger partial charge in [-0.15, -0.1) is 0 Å². The molecule has 0 unspecified atom stereocenters. The Kier molecular flexibility index (Phi) is 4.83. The largest absolute Gasteiger partial charge is 0.462 e. The normalized spacial score (nSPS) is 10.4. The summed E-state index contributed by atoms with van der Waals surface area (Å²) in [4.78, 5) is 11.7. The molecule has 1 aromatic carbocycles. The molecule has 0 bridgehead atoms. The van der Waals surface area contributed by atoms with Crippen molar-refractivity contribution >= 4 is 11.7 Å². The van der Waals surface area contributed by atoms with E-state index < -0.39 is 0 Å². The van der Waals surface area contributed by atoms with E-state index in [0.29, 0.717) is 23.8 Å². The van der Waals surface area contributed by atoms with Crippen LogP contribution in [0.5, 0.6) is 0 Å². The van der Waals surface area contributed by atoms with Crippen molar-refractivity contribution in [3.8, 4) is 0 Å². The molecule has 0 amide bonds. The van der Waals surface area contributed by atoms with E-state index in [0.717, 1.165) is 12.8 Å². The van der Waals surface area contributed by atoms with Crippen molar-refractivity contribution in [3.05, 3.63) is 29.8 Å². The average molecular weight is 221 g/mol. The Morgan fingerprint density at radius 1 is 1.38 bits per heavy atom. The first-order valence-electron chi connectivity index (χ1n) is 5.70. The predicted molar refractivity (Wildman–Crippen MR) is 65.2 cm³/mol. The van der Waals surface area contributed by atoms with Gasteiger partial charge in [0.2, 0.25) is 0 Å². The molecule has 1 aromatic rings. The molecule has 0 aromatic heterocycles. The van der Waals surface area contributed by atoms with Crippen molar-refractivity contribution in [1.29, 1.82) is 0 Å². The Hall–Kier alpha value is -1.51. The second kappa shape index (κ2) is 6.16. The second-order valence-corrected chi connectivity index (χ2v) is 3.91. The number of hydrogen-bond acceptors (Lipinski definition) is 3. The van der Waals surface area contributed by atoms with Crippen LogP contribution in [0.3, 0.4) is 0 Å². The molecule has 0 aliphatic heterocycles. The molecule has 0 heterocycles. The van der Waals surface area contributed by atoms with E-state index in [1.54, 1.807) is 24.3 Å². The number of ether oxygens (including phenoxy) is 1. The van der Waals surface area contributed by atoms with Crippen LogP contribution < -0.4 is 5.73 Å². The van der Waals surface area contributed by atoms with Crippen molar-refractivity contribution in [3.63, 3.8) is 0 Å². The molecule has 1 rings (SSSR count). The maximum absolute atomic E-state index is 11.7. The first-order chi connectivity index (χ1) is 7.67. The number of carbonyl (C=O) groups excluding carboxylic acids is 1. The highest BCUT2D eigenvalue weighted by molar-refractivity contribution is 5.90. The summed E-state index contributed by atoms with van der Waals surface area (Å²) in [5, 5.41) is 0. The zero-order valence-electron chi connectivity index (χ0n) is 9.90. The highest BCUT2D eigenvalue weighted by Crippen LogP contribution is 2.11. The molecular formula is C13H19NO2. The number of anilines is 1. The molecule has 88 valence electrons. The highest BCUT2D eigenvalue weighted by atomic mass is 16.5. The van der Waals surface area contributed by atoms with Gasteiger partial charge in [-0.25, -0.2) is 4.79 Å². The lowest BCUT2D eigenvalue weighted by atomic mass is 10.1. The van der Waals surface area contributed by atoms with Gasteiger partial charge in [0.1, 0.15) is 0 Å². The number of rotatable bonds is 5. The summed E-state index contributed by atoms with van der Waals surface area (Å²) in [6, 6.07) is 6.85. The first-order valence-corrected chi connectivity index (χ1v) is 5.70. The molecule has 2 N–H and O–H groups in total. The molecule has 16 heavy (non-hydrogen) atoms. The summed E-state index contributed by atoms with van der Waals surface area (Å²) >= 11 is 0. The molecule has 3 nitrogen and oxygen atoms in total. The lowest BCUT2D eigenvalue weighted by Gasteiger charge is -2.12. The van der Waals surface area contributed by atoms with Crippen molar-refractivity contribution < 1.29 is 9.53 Å². The Bertz CT molecular complexity index is 346. The van der Waals surface area contributed by atoms with Crippen LogP contribution in [0.2, 0.25) is 0 Å². The summed E-state index contributed by atoms with van der Waals surface area (Å²) in [7, 11) is 0. The maximum Gasteiger partial charge on any atom is 0.338 e. The molecule has 3 heteroatoms. The minimum absolute atomic E-state index is 0.292. The number of benzene rings is 1. The number of hydrogen-bond donors (Lipinski definition) is 1. The molecule has 0 radical (unpaired) electrons. The van der Waals surface area contributed by atoms with E-state index in [1.165, 1.54) is 0 Å². The van der Waals surface area contributed by atoms with Gasteiger partial charge in [-0.1, -0.05) is 32.8 Å². The van der Waals surface area contributed by atoms with Gasteiger partial charge >= 0.3 is 5.97 Å². The number of nitrogens with two attached hydrogens (primary N) is 1. The van der Waals surface area contributed by atoms with E-state index >= 15 is 0 Å². The van der Waals surface area contributed by atoms with Crippen LogP contribution >= 0.6 is 0 Å². The monoisotopic (exact) mass is 221 g/mol. The minimum atomic E-state index is -0.292. The van der Waals surface area contributed by atoms with E-state index in [1.807, 2.05) is 0 Å². The summed E-state index contributed by atoms with van der Waals surface area (Å²) in [5.41, 5.74) is 6.70. The minimum Gasteiger partial charge on any atom is -0.462 e. The van der Waals surface area contributed by atoms with Gasteiger partial charge in [-0.2, -0.15) is 0 Å². The van der Waals surface area contributed by atoms with Gasteiger partial charge in [0.05, 0.1) is 12.2 Å². The average Bonchev–Trinajstić information content (AvgIpc) is 2.30. The van der Waals surface area contributed by atoms with Gasteiger partial charge in [-0.05, 0) is 24.1 Å². The zero-order valence-corrected chi connectivity index (χ0v) is 9.90. The Morgan fingerprint density at radius 3 is 2.62 bits per heavy atom. The summed E-state index contributed by atoms with van der Waals surface area (Å²) in [6.07, 6.45) is 2.06. The van der Waals surface area contributed by atoms with Gasteiger partial charge in [0.25, 0.3) is 0 Å². The molecule has 0 saturated carbocycles. The fourth-order valence-corrected chi connectivity index (χ4v) is 1.47. The summed E-state index contributed by atoms with van der Waals surface area (Å²) in [6.45, 7) is 4.69. The zero-order chi connectivity index (χ0) is 12.0. The molecule has 0 aliphatic rings. The topological polar surface area (TPSA) is 52.3 Å². The van der Waals surface area contributed by atoms with Crippen LogP contribution in [0.4, 0.5) is 5.69 Å². The quantitative estimate of drug-likeness (QED) is 0.614. The third-order valence-corrected chi connectivity index (χ3v) is 2.73. The standard InChI is InChI=1S/C13H19NO2/c1-3-10(4-2)9-16-13(15)11-6-5-7-12(14)8-11/h5-8,10H,3-4,9,14H2,1-2H3. The lowest BCUT2D eigenvalue weighted by molar-refractivity contribution is 0.0433. The molecule has 0 atom stereocenters. The molecule has 0 fully saturated rings. The van der Waals surface area contributed by atoms with Crippen LogP contribution in [0, 0.1) is 5.92 Å². The van der Waals surface area contributed by atoms with Crippen LogP contribution in [0.1, 0.15) is 37.0 Å². The third-order valence-electron chi connectivity index (χ3n) is 2.73. The second-order valence-electron chi connectivity index (χ2n) is 3.91. The van der Waals surface area contributed by atoms with E-state index in [9.17, 15) is 4.79 Å². The molecule has 0 spiro atoms. The smallest absolute Gasteiger partial charge is 0.338 e. The first kappa shape index (κ1) is 12.6. The number of nitrogen functional groups attached to an aromatic ring is 1. The van der Waals surface area contributed by atoms with Crippen molar-refractivity contribution in [2.24, 2.45) is 5.92 Å². The fraction of sp³-hybridized carbons (Fsp3) is 0.462. The third kappa shape index (κ3) is 3.57. The number of carbonyl (C=O) groups is 1.